The first-order valence-electron chi connectivity index (χ1n) is 13.8. The van der Waals surface area contributed by atoms with Gasteiger partial charge in [-0.15, -0.1) is 0 Å². The summed E-state index contributed by atoms with van der Waals surface area (Å²) in [6.45, 7) is 14.0. The lowest BCUT2D eigenvalue weighted by Crippen LogP contribution is -2.65. The Labute approximate surface area is 209 Å². The second kappa shape index (κ2) is 8.16. The zero-order valence-corrected chi connectivity index (χ0v) is 23.2. The molecule has 2 saturated heterocycles. The van der Waals surface area contributed by atoms with Crippen molar-refractivity contribution in [3.8, 4) is 0 Å². The molecule has 12 atom stereocenters. The van der Waals surface area contributed by atoms with Gasteiger partial charge in [-0.1, -0.05) is 63.4 Å². The van der Waals surface area contributed by atoms with E-state index in [0.29, 0.717) is 23.7 Å². The first kappa shape index (κ1) is 25.0. The highest BCUT2D eigenvalue weighted by atomic mass is 79.9. The highest BCUT2D eigenvalue weighted by Crippen LogP contribution is 2.75. The van der Waals surface area contributed by atoms with E-state index >= 15 is 0 Å². The summed E-state index contributed by atoms with van der Waals surface area (Å²) in [5.74, 6) is 1.96. The number of hydrogen-bond acceptors (Lipinski definition) is 4. The number of aliphatic hydroxyl groups excluding tert-OH is 2. The topological polar surface area (TPSA) is 58.9 Å². The normalized spacial score (nSPS) is 57.6. The Morgan fingerprint density at radius 2 is 1.79 bits per heavy atom. The van der Waals surface area contributed by atoms with E-state index in [4.69, 9.17) is 9.47 Å². The molecule has 3 saturated carbocycles. The van der Waals surface area contributed by atoms with E-state index in [9.17, 15) is 10.2 Å². The van der Waals surface area contributed by atoms with E-state index in [1.807, 2.05) is 0 Å². The van der Waals surface area contributed by atoms with E-state index in [-0.39, 0.29) is 45.7 Å². The summed E-state index contributed by atoms with van der Waals surface area (Å²) in [7, 11) is 0. The molecule has 33 heavy (non-hydrogen) atoms. The number of ether oxygens (including phenoxy) is 2. The number of fused-ring (bicyclic) bond motifs is 2. The number of rotatable bonds is 5. The molecule has 1 spiro atoms. The minimum atomic E-state index is -0.408. The summed E-state index contributed by atoms with van der Waals surface area (Å²) >= 11 is 4.13. The summed E-state index contributed by atoms with van der Waals surface area (Å²) in [4.78, 5) is 0.176. The van der Waals surface area contributed by atoms with Crippen LogP contribution < -0.4 is 0 Å². The van der Waals surface area contributed by atoms with E-state index in [1.165, 1.54) is 12.8 Å². The monoisotopic (exact) mass is 526 g/mol. The van der Waals surface area contributed by atoms with Crippen LogP contribution in [0, 0.1) is 40.4 Å². The molecule has 0 radical (unpaired) electrons. The summed E-state index contributed by atoms with van der Waals surface area (Å²) in [5, 5.41) is 22.1. The van der Waals surface area contributed by atoms with E-state index < -0.39 is 5.60 Å². The third-order valence-corrected chi connectivity index (χ3v) is 12.5. The Hall–Kier alpha value is 0.320. The van der Waals surface area contributed by atoms with Crippen molar-refractivity contribution in [1.29, 1.82) is 0 Å². The first-order valence-corrected chi connectivity index (χ1v) is 14.7. The second-order valence-electron chi connectivity index (χ2n) is 13.5. The standard InChI is InChI=1S/C28H47BrO4/c1-7-20-25(4)12-10-18(30)13-17(25)14-22(29)28(20)23-19(31)15-21-26(5,11-8-9-16(2)3)32-24(33-28)27(21,23)6/h16-24,30-31H,7-15H2,1-6H3/t17?,18?,19?,20?,21?,22?,23-,24?,25?,26?,27?,28?/m1/s1. The first-order chi connectivity index (χ1) is 15.4. The van der Waals surface area contributed by atoms with Gasteiger partial charge < -0.3 is 19.7 Å². The van der Waals surface area contributed by atoms with Crippen molar-refractivity contribution in [2.75, 3.05) is 0 Å². The smallest absolute Gasteiger partial charge is 0.165 e. The number of aliphatic hydroxyl groups is 2. The van der Waals surface area contributed by atoms with Crippen molar-refractivity contribution >= 4 is 15.9 Å². The molecule has 2 heterocycles. The predicted octanol–water partition coefficient (Wildman–Crippen LogP) is 6.06. The summed E-state index contributed by atoms with van der Waals surface area (Å²) < 4.78 is 14.1. The van der Waals surface area contributed by atoms with Gasteiger partial charge in [0.1, 0.15) is 0 Å². The predicted molar refractivity (Wildman–Crippen MR) is 134 cm³/mol. The van der Waals surface area contributed by atoms with Gasteiger partial charge in [-0.2, -0.15) is 0 Å². The average Bonchev–Trinajstić information content (AvgIpc) is 3.23. The van der Waals surface area contributed by atoms with Crippen LogP contribution in [0.3, 0.4) is 0 Å². The molecule has 5 rings (SSSR count). The van der Waals surface area contributed by atoms with Gasteiger partial charge in [0, 0.05) is 22.1 Å². The maximum absolute atomic E-state index is 11.7. The Kier molecular flexibility index (Phi) is 6.18. The van der Waals surface area contributed by atoms with Gasteiger partial charge in [-0.25, -0.2) is 0 Å². The maximum atomic E-state index is 11.7. The SMILES string of the molecule is CCC1C2(C)CCC(O)CC2CC(Br)C12OC1OC(C)(CCCC(C)C)C3CC(O)[C@@H]2C13C. The third-order valence-electron chi connectivity index (χ3n) is 11.4. The Balaban J connectivity index is 1.50. The molecular formula is C28H47BrO4. The van der Waals surface area contributed by atoms with Crippen molar-refractivity contribution in [2.24, 2.45) is 40.4 Å². The van der Waals surface area contributed by atoms with E-state index in [0.717, 1.165) is 44.9 Å². The molecule has 190 valence electrons. The molecule has 11 unspecified atom stereocenters. The molecule has 2 aliphatic heterocycles. The van der Waals surface area contributed by atoms with E-state index in [1.54, 1.807) is 0 Å². The lowest BCUT2D eigenvalue weighted by Gasteiger charge is -2.62. The van der Waals surface area contributed by atoms with Gasteiger partial charge in [-0.3, -0.25) is 0 Å². The minimum absolute atomic E-state index is 0.0888. The quantitative estimate of drug-likeness (QED) is 0.427. The van der Waals surface area contributed by atoms with Crippen LogP contribution >= 0.6 is 15.9 Å². The average molecular weight is 528 g/mol. The van der Waals surface area contributed by atoms with Crippen LogP contribution in [0.5, 0.6) is 0 Å². The molecule has 5 fully saturated rings. The zero-order chi connectivity index (χ0) is 24.0. The highest BCUT2D eigenvalue weighted by molar-refractivity contribution is 9.09. The van der Waals surface area contributed by atoms with Gasteiger partial charge >= 0.3 is 0 Å². The van der Waals surface area contributed by atoms with Crippen LogP contribution in [-0.4, -0.2) is 44.7 Å². The van der Waals surface area contributed by atoms with Gasteiger partial charge in [0.05, 0.1) is 23.4 Å². The van der Waals surface area contributed by atoms with Crippen LogP contribution in [-0.2, 0) is 9.47 Å². The lowest BCUT2D eigenvalue weighted by atomic mass is 9.47. The van der Waals surface area contributed by atoms with Crippen molar-refractivity contribution in [3.05, 3.63) is 0 Å². The largest absolute Gasteiger partial charge is 0.393 e. The molecule has 0 aromatic rings. The second-order valence-corrected chi connectivity index (χ2v) is 14.6. The fourth-order valence-electron chi connectivity index (χ4n) is 9.97. The highest BCUT2D eigenvalue weighted by Gasteiger charge is 2.81. The van der Waals surface area contributed by atoms with Crippen LogP contribution in [0.4, 0.5) is 0 Å². The van der Waals surface area contributed by atoms with Crippen LogP contribution in [0.25, 0.3) is 0 Å². The number of hydrogen-bond donors (Lipinski definition) is 2. The lowest BCUT2D eigenvalue weighted by molar-refractivity contribution is -0.250. The summed E-state index contributed by atoms with van der Waals surface area (Å²) in [6.07, 6.45) is 8.37. The zero-order valence-electron chi connectivity index (χ0n) is 21.6. The number of halogens is 1. The van der Waals surface area contributed by atoms with Crippen LogP contribution in [0.1, 0.15) is 99.3 Å². The van der Waals surface area contributed by atoms with Gasteiger partial charge in [0.2, 0.25) is 0 Å². The molecule has 4 nitrogen and oxygen atoms in total. The van der Waals surface area contributed by atoms with Crippen LogP contribution in [0.15, 0.2) is 0 Å². The van der Waals surface area contributed by atoms with Crippen molar-refractivity contribution in [2.45, 2.75) is 134 Å². The molecule has 0 bridgehead atoms. The summed E-state index contributed by atoms with van der Waals surface area (Å²) in [6, 6.07) is 0. The molecule has 0 aromatic carbocycles. The molecule has 3 aliphatic carbocycles. The van der Waals surface area contributed by atoms with Crippen molar-refractivity contribution in [3.63, 3.8) is 0 Å². The minimum Gasteiger partial charge on any atom is -0.393 e. The Morgan fingerprint density at radius 1 is 1.06 bits per heavy atom. The molecule has 5 heteroatoms. The molecule has 0 amide bonds. The fourth-order valence-corrected chi connectivity index (χ4v) is 11.1. The van der Waals surface area contributed by atoms with Gasteiger partial charge in [0.25, 0.3) is 0 Å². The summed E-state index contributed by atoms with van der Waals surface area (Å²) in [5.41, 5.74) is -0.644. The molecule has 0 aromatic heterocycles. The van der Waals surface area contributed by atoms with Crippen LogP contribution in [0.2, 0.25) is 0 Å². The van der Waals surface area contributed by atoms with Gasteiger partial charge in [-0.05, 0) is 75.0 Å². The fraction of sp³-hybridized carbons (Fsp3) is 1.00. The third kappa shape index (κ3) is 3.27. The Morgan fingerprint density at radius 3 is 2.45 bits per heavy atom. The van der Waals surface area contributed by atoms with Gasteiger partial charge in [0.15, 0.2) is 6.29 Å². The van der Waals surface area contributed by atoms with Crippen molar-refractivity contribution in [1.82, 2.24) is 0 Å². The van der Waals surface area contributed by atoms with E-state index in [2.05, 4.69) is 57.5 Å². The Bertz CT molecular complexity index is 760. The molecular weight excluding hydrogens is 480 g/mol. The molecule has 2 N–H and O–H groups in total. The molecule has 5 aliphatic rings. The van der Waals surface area contributed by atoms with Crippen molar-refractivity contribution < 1.29 is 19.7 Å². The number of alkyl halides is 1. The maximum Gasteiger partial charge on any atom is 0.165 e.